The molecule has 21 heavy (non-hydrogen) atoms. The Morgan fingerprint density at radius 3 is 2.19 bits per heavy atom. The summed E-state index contributed by atoms with van der Waals surface area (Å²) in [4.78, 5) is 0. The molecular weight excluding hydrogens is 256 g/mol. The van der Waals surface area contributed by atoms with Crippen molar-refractivity contribution in [3.63, 3.8) is 0 Å². The molecule has 4 rings (SSSR count). The van der Waals surface area contributed by atoms with Gasteiger partial charge in [0.25, 0.3) is 0 Å². The molecule has 0 amide bonds. The van der Waals surface area contributed by atoms with Crippen LogP contribution in [0.2, 0.25) is 0 Å². The fraction of sp³-hybridized carbons (Fsp3) is 0. The number of ether oxygens (including phenoxy) is 1. The Balaban J connectivity index is 2.17. The molecule has 0 radical (unpaired) electrons. The zero-order valence-electron chi connectivity index (χ0n) is 11.5. The Morgan fingerprint density at radius 1 is 0.619 bits per heavy atom. The maximum Gasteiger partial charge on any atom is 0.134 e. The van der Waals surface area contributed by atoms with Gasteiger partial charge in [0.05, 0.1) is 6.26 Å². The first-order valence-corrected chi connectivity index (χ1v) is 6.99. The van der Waals surface area contributed by atoms with E-state index >= 15 is 0 Å². The number of hydrogen-bond donors (Lipinski definition) is 0. The Morgan fingerprint density at radius 2 is 1.29 bits per heavy atom. The van der Waals surface area contributed by atoms with Crippen molar-refractivity contribution in [3.05, 3.63) is 79.6 Å². The molecule has 100 valence electrons. The van der Waals surface area contributed by atoms with Crippen LogP contribution in [0.5, 0.6) is 5.75 Å². The standard InChI is InChI=1S/C20H14O/c1-2-21-20-9-5-8-16-18-11-10-14-6-3-4-7-15(14)17(18)12-13-19(16)20/h2-13H,1H2. The van der Waals surface area contributed by atoms with Crippen molar-refractivity contribution in [1.82, 2.24) is 0 Å². The predicted octanol–water partition coefficient (Wildman–Crippen LogP) is 5.67. The molecule has 4 aromatic carbocycles. The Kier molecular flexibility index (Phi) is 2.65. The highest BCUT2D eigenvalue weighted by Crippen LogP contribution is 2.34. The Bertz CT molecular complexity index is 983. The van der Waals surface area contributed by atoms with Crippen LogP contribution in [-0.4, -0.2) is 0 Å². The molecule has 0 bridgehead atoms. The minimum absolute atomic E-state index is 0.845. The summed E-state index contributed by atoms with van der Waals surface area (Å²) in [7, 11) is 0. The highest BCUT2D eigenvalue weighted by molar-refractivity contribution is 6.18. The van der Waals surface area contributed by atoms with Gasteiger partial charge in [0.1, 0.15) is 5.75 Å². The van der Waals surface area contributed by atoms with E-state index in [9.17, 15) is 0 Å². The van der Waals surface area contributed by atoms with Gasteiger partial charge in [0.15, 0.2) is 0 Å². The van der Waals surface area contributed by atoms with Gasteiger partial charge in [-0.25, -0.2) is 0 Å². The first kappa shape index (κ1) is 12.0. The van der Waals surface area contributed by atoms with Crippen molar-refractivity contribution in [2.24, 2.45) is 0 Å². The van der Waals surface area contributed by atoms with E-state index in [4.69, 9.17) is 4.74 Å². The van der Waals surface area contributed by atoms with E-state index in [-0.39, 0.29) is 0 Å². The van der Waals surface area contributed by atoms with Crippen molar-refractivity contribution in [2.45, 2.75) is 0 Å². The van der Waals surface area contributed by atoms with Crippen LogP contribution < -0.4 is 4.74 Å². The summed E-state index contributed by atoms with van der Waals surface area (Å²) in [5.41, 5.74) is 0. The molecule has 0 aliphatic rings. The minimum Gasteiger partial charge on any atom is -0.465 e. The van der Waals surface area contributed by atoms with E-state index in [1.165, 1.54) is 33.2 Å². The van der Waals surface area contributed by atoms with Gasteiger partial charge in [0, 0.05) is 5.39 Å². The van der Waals surface area contributed by atoms with Crippen molar-refractivity contribution in [3.8, 4) is 5.75 Å². The normalized spacial score (nSPS) is 11.0. The third-order valence-corrected chi connectivity index (χ3v) is 3.95. The Hall–Kier alpha value is -2.80. The molecule has 0 aliphatic heterocycles. The third kappa shape index (κ3) is 1.78. The molecule has 1 nitrogen and oxygen atoms in total. The van der Waals surface area contributed by atoms with Crippen LogP contribution in [0.1, 0.15) is 0 Å². The van der Waals surface area contributed by atoms with Crippen LogP contribution in [-0.2, 0) is 0 Å². The zero-order valence-corrected chi connectivity index (χ0v) is 11.5. The minimum atomic E-state index is 0.845. The number of rotatable bonds is 2. The molecule has 0 atom stereocenters. The Labute approximate surface area is 123 Å². The van der Waals surface area contributed by atoms with E-state index in [0.717, 1.165) is 11.1 Å². The number of hydrogen-bond acceptors (Lipinski definition) is 1. The largest absolute Gasteiger partial charge is 0.465 e. The highest BCUT2D eigenvalue weighted by Gasteiger charge is 2.07. The molecule has 0 unspecified atom stereocenters. The SMILES string of the molecule is C=COc1cccc2c1ccc1c3ccccc3ccc21. The molecule has 0 aromatic heterocycles. The van der Waals surface area contributed by atoms with Gasteiger partial charge in [-0.1, -0.05) is 61.2 Å². The second kappa shape index (κ2) is 4.64. The molecule has 0 saturated carbocycles. The molecule has 0 saturated heterocycles. The summed E-state index contributed by atoms with van der Waals surface area (Å²) >= 11 is 0. The molecule has 0 heterocycles. The first-order valence-electron chi connectivity index (χ1n) is 6.99. The predicted molar refractivity (Wildman–Crippen MR) is 89.8 cm³/mol. The van der Waals surface area contributed by atoms with Crippen LogP contribution in [0.4, 0.5) is 0 Å². The smallest absolute Gasteiger partial charge is 0.134 e. The number of fused-ring (bicyclic) bond motifs is 5. The van der Waals surface area contributed by atoms with Gasteiger partial charge in [-0.3, -0.25) is 0 Å². The van der Waals surface area contributed by atoms with Crippen LogP contribution in [0, 0.1) is 0 Å². The number of benzene rings is 4. The maximum absolute atomic E-state index is 5.52. The fourth-order valence-electron chi connectivity index (χ4n) is 3.02. The van der Waals surface area contributed by atoms with E-state index < -0.39 is 0 Å². The maximum atomic E-state index is 5.52. The van der Waals surface area contributed by atoms with Crippen LogP contribution >= 0.6 is 0 Å². The molecule has 0 spiro atoms. The van der Waals surface area contributed by atoms with E-state index in [0.29, 0.717) is 0 Å². The second-order valence-corrected chi connectivity index (χ2v) is 5.08. The first-order chi connectivity index (χ1) is 10.4. The lowest BCUT2D eigenvalue weighted by Crippen LogP contribution is -1.85. The monoisotopic (exact) mass is 270 g/mol. The summed E-state index contributed by atoms with van der Waals surface area (Å²) in [5.74, 6) is 0.845. The van der Waals surface area contributed by atoms with Gasteiger partial charge in [0.2, 0.25) is 0 Å². The average molecular weight is 270 g/mol. The molecule has 0 aliphatic carbocycles. The van der Waals surface area contributed by atoms with Gasteiger partial charge in [-0.15, -0.1) is 0 Å². The molecule has 1 heteroatoms. The summed E-state index contributed by atoms with van der Waals surface area (Å²) in [6.07, 6.45) is 1.47. The molecule has 0 N–H and O–H groups in total. The quantitative estimate of drug-likeness (QED) is 0.337. The van der Waals surface area contributed by atoms with Gasteiger partial charge in [-0.05, 0) is 39.1 Å². The van der Waals surface area contributed by atoms with Crippen LogP contribution in [0.15, 0.2) is 79.6 Å². The lowest BCUT2D eigenvalue weighted by atomic mass is 9.97. The molecule has 0 fully saturated rings. The topological polar surface area (TPSA) is 9.23 Å². The molecule has 4 aromatic rings. The van der Waals surface area contributed by atoms with Crippen molar-refractivity contribution < 1.29 is 4.74 Å². The average Bonchev–Trinajstić information content (AvgIpc) is 2.55. The van der Waals surface area contributed by atoms with Gasteiger partial charge < -0.3 is 4.74 Å². The third-order valence-electron chi connectivity index (χ3n) is 3.95. The van der Waals surface area contributed by atoms with E-state index in [2.05, 4.69) is 61.2 Å². The lowest BCUT2D eigenvalue weighted by Gasteiger charge is -2.10. The summed E-state index contributed by atoms with van der Waals surface area (Å²) in [5, 5.41) is 7.39. The van der Waals surface area contributed by atoms with Crippen LogP contribution in [0.3, 0.4) is 0 Å². The lowest BCUT2D eigenvalue weighted by molar-refractivity contribution is 0.489. The fourth-order valence-corrected chi connectivity index (χ4v) is 3.02. The second-order valence-electron chi connectivity index (χ2n) is 5.08. The van der Waals surface area contributed by atoms with Crippen molar-refractivity contribution in [1.29, 1.82) is 0 Å². The highest BCUT2D eigenvalue weighted by atomic mass is 16.5. The summed E-state index contributed by atoms with van der Waals surface area (Å²) in [6.45, 7) is 3.64. The van der Waals surface area contributed by atoms with Crippen molar-refractivity contribution >= 4 is 32.3 Å². The summed E-state index contributed by atoms with van der Waals surface area (Å²) in [6, 6.07) is 23.3. The van der Waals surface area contributed by atoms with Crippen LogP contribution in [0.25, 0.3) is 32.3 Å². The van der Waals surface area contributed by atoms with Gasteiger partial charge in [-0.2, -0.15) is 0 Å². The van der Waals surface area contributed by atoms with Crippen molar-refractivity contribution in [2.75, 3.05) is 0 Å². The zero-order chi connectivity index (χ0) is 14.2. The van der Waals surface area contributed by atoms with Gasteiger partial charge >= 0.3 is 0 Å². The summed E-state index contributed by atoms with van der Waals surface area (Å²) < 4.78 is 5.52. The van der Waals surface area contributed by atoms with E-state index in [1.54, 1.807) is 0 Å². The molecular formula is C20H14O. The van der Waals surface area contributed by atoms with E-state index in [1.807, 2.05) is 12.1 Å².